The normalized spacial score (nSPS) is 11.4. The molecule has 0 spiro atoms. The number of carbonyl (C=O) groups is 1. The van der Waals surface area contributed by atoms with Crippen LogP contribution < -0.4 is 0 Å². The van der Waals surface area contributed by atoms with Crippen LogP contribution in [0.25, 0.3) is 0 Å². The van der Waals surface area contributed by atoms with E-state index in [1.165, 1.54) is 0 Å². The molecule has 0 aliphatic carbocycles. The highest BCUT2D eigenvalue weighted by Gasteiger charge is 1.92. The second-order valence-corrected chi connectivity index (χ2v) is 2.56. The van der Waals surface area contributed by atoms with Crippen molar-refractivity contribution in [3.63, 3.8) is 0 Å². The van der Waals surface area contributed by atoms with Gasteiger partial charge in [0.05, 0.1) is 0 Å². The van der Waals surface area contributed by atoms with E-state index < -0.39 is 5.97 Å². The molecule has 0 aromatic carbocycles. The molecule has 12 heavy (non-hydrogen) atoms. The van der Waals surface area contributed by atoms with Gasteiger partial charge < -0.3 is 5.11 Å². The average molecular weight is 168 g/mol. The Hall–Kier alpha value is -1.05. The zero-order valence-electron chi connectivity index (χ0n) is 7.49. The van der Waals surface area contributed by atoms with Gasteiger partial charge in [0.25, 0.3) is 0 Å². The Morgan fingerprint density at radius 1 is 1.33 bits per heavy atom. The largest absolute Gasteiger partial charge is 0.481 e. The van der Waals surface area contributed by atoms with Gasteiger partial charge in [-0.05, 0) is 26.2 Å². The predicted octanol–water partition coefficient (Wildman–Crippen LogP) is 2.76. The van der Waals surface area contributed by atoms with Crippen LogP contribution in [0.1, 0.15) is 32.6 Å². The van der Waals surface area contributed by atoms with Crippen molar-refractivity contribution in [2.24, 2.45) is 0 Å². The first-order chi connectivity index (χ1) is 5.77. The fraction of sp³-hybridized carbons (Fsp3) is 0.500. The number of hydrogen-bond donors (Lipinski definition) is 1. The summed E-state index contributed by atoms with van der Waals surface area (Å²) in [7, 11) is 0. The van der Waals surface area contributed by atoms with Crippen molar-refractivity contribution in [3.05, 3.63) is 24.3 Å². The number of carboxylic acids is 1. The lowest BCUT2D eigenvalue weighted by Crippen LogP contribution is -1.92. The molecule has 0 atom stereocenters. The monoisotopic (exact) mass is 168 g/mol. The second kappa shape index (κ2) is 8.05. The maximum absolute atomic E-state index is 10.1. The molecule has 0 aliphatic rings. The maximum atomic E-state index is 10.1. The van der Waals surface area contributed by atoms with Crippen molar-refractivity contribution < 1.29 is 9.90 Å². The van der Waals surface area contributed by atoms with Gasteiger partial charge in [-0.3, -0.25) is 4.79 Å². The summed E-state index contributed by atoms with van der Waals surface area (Å²) in [6.07, 6.45) is 11.0. The predicted molar refractivity (Wildman–Crippen MR) is 50.1 cm³/mol. The molecule has 0 aliphatic heterocycles. The lowest BCUT2D eigenvalue weighted by molar-refractivity contribution is -0.137. The van der Waals surface area contributed by atoms with Crippen LogP contribution in [0.4, 0.5) is 0 Å². The Morgan fingerprint density at radius 2 is 2.08 bits per heavy atom. The van der Waals surface area contributed by atoms with E-state index in [1.807, 2.05) is 19.1 Å². The van der Waals surface area contributed by atoms with Gasteiger partial charge >= 0.3 is 5.97 Å². The quantitative estimate of drug-likeness (QED) is 0.489. The van der Waals surface area contributed by atoms with Crippen molar-refractivity contribution in [1.29, 1.82) is 0 Å². The van der Waals surface area contributed by atoms with Gasteiger partial charge in [0.1, 0.15) is 0 Å². The molecule has 68 valence electrons. The third-order valence-electron chi connectivity index (χ3n) is 1.44. The van der Waals surface area contributed by atoms with Crippen molar-refractivity contribution in [2.45, 2.75) is 32.6 Å². The zero-order valence-corrected chi connectivity index (χ0v) is 7.49. The highest BCUT2D eigenvalue weighted by molar-refractivity contribution is 5.66. The van der Waals surface area contributed by atoms with Crippen LogP contribution in [0.15, 0.2) is 24.3 Å². The van der Waals surface area contributed by atoms with Gasteiger partial charge in [-0.1, -0.05) is 24.3 Å². The summed E-state index contributed by atoms with van der Waals surface area (Å²) in [6.45, 7) is 1.98. The van der Waals surface area contributed by atoms with Gasteiger partial charge in [-0.2, -0.15) is 0 Å². The summed E-state index contributed by atoms with van der Waals surface area (Å²) in [5.74, 6) is -0.711. The summed E-state index contributed by atoms with van der Waals surface area (Å²) in [6, 6.07) is 0. The summed E-state index contributed by atoms with van der Waals surface area (Å²) in [5.41, 5.74) is 0. The van der Waals surface area contributed by atoms with E-state index in [0.717, 1.165) is 19.3 Å². The molecule has 0 rings (SSSR count). The minimum atomic E-state index is -0.711. The molecule has 0 bridgehead atoms. The molecule has 0 heterocycles. The Morgan fingerprint density at radius 3 is 2.67 bits per heavy atom. The van der Waals surface area contributed by atoms with Crippen LogP contribution in [0, 0.1) is 0 Å². The topological polar surface area (TPSA) is 37.3 Å². The van der Waals surface area contributed by atoms with Crippen LogP contribution in [-0.2, 0) is 4.79 Å². The van der Waals surface area contributed by atoms with Crippen LogP contribution in [0.2, 0.25) is 0 Å². The van der Waals surface area contributed by atoms with Crippen molar-refractivity contribution in [2.75, 3.05) is 0 Å². The van der Waals surface area contributed by atoms with Gasteiger partial charge in [0, 0.05) is 6.42 Å². The lowest BCUT2D eigenvalue weighted by Gasteiger charge is -1.89. The maximum Gasteiger partial charge on any atom is 0.303 e. The first-order valence-electron chi connectivity index (χ1n) is 4.25. The minimum absolute atomic E-state index is 0.272. The first kappa shape index (κ1) is 11.0. The standard InChI is InChI=1S/C10H16O2/c1-2-3-4-5-6-7-8-9-10(11)12/h2-3,5-6H,4,7-9H2,1H3,(H,11,12)/b3-2+,6-5+. The Labute approximate surface area is 73.6 Å². The van der Waals surface area contributed by atoms with E-state index in [9.17, 15) is 4.79 Å². The average Bonchev–Trinajstić information content (AvgIpc) is 2.02. The molecule has 2 nitrogen and oxygen atoms in total. The highest BCUT2D eigenvalue weighted by Crippen LogP contribution is 1.97. The van der Waals surface area contributed by atoms with Gasteiger partial charge in [-0.25, -0.2) is 0 Å². The Kier molecular flexibility index (Phi) is 7.35. The summed E-state index contributed by atoms with van der Waals surface area (Å²) >= 11 is 0. The van der Waals surface area contributed by atoms with Crippen molar-refractivity contribution in [3.8, 4) is 0 Å². The molecule has 0 aromatic heterocycles. The van der Waals surface area contributed by atoms with E-state index in [-0.39, 0.29) is 6.42 Å². The third-order valence-corrected chi connectivity index (χ3v) is 1.44. The molecule has 2 heteroatoms. The molecular formula is C10H16O2. The molecule has 0 saturated carbocycles. The van der Waals surface area contributed by atoms with Crippen LogP contribution in [-0.4, -0.2) is 11.1 Å². The van der Waals surface area contributed by atoms with E-state index in [4.69, 9.17) is 5.11 Å². The minimum Gasteiger partial charge on any atom is -0.481 e. The van der Waals surface area contributed by atoms with Crippen molar-refractivity contribution >= 4 is 5.97 Å². The molecule has 0 amide bonds. The lowest BCUT2D eigenvalue weighted by atomic mass is 10.2. The smallest absolute Gasteiger partial charge is 0.303 e. The zero-order chi connectivity index (χ0) is 9.23. The van der Waals surface area contributed by atoms with Gasteiger partial charge in [0.15, 0.2) is 0 Å². The van der Waals surface area contributed by atoms with Crippen LogP contribution in [0.5, 0.6) is 0 Å². The number of rotatable bonds is 6. The fourth-order valence-electron chi connectivity index (χ4n) is 0.800. The summed E-state index contributed by atoms with van der Waals surface area (Å²) in [4.78, 5) is 10.1. The number of carboxylic acid groups (broad SMARTS) is 1. The SMILES string of the molecule is C/C=C/C/C=C/CCCC(=O)O. The number of aliphatic carboxylic acids is 1. The third kappa shape index (κ3) is 8.95. The number of allylic oxidation sites excluding steroid dienone is 4. The molecule has 0 unspecified atom stereocenters. The Bertz CT molecular complexity index is 169. The van der Waals surface area contributed by atoms with E-state index in [2.05, 4.69) is 12.2 Å². The summed E-state index contributed by atoms with van der Waals surface area (Å²) < 4.78 is 0. The van der Waals surface area contributed by atoms with E-state index in [1.54, 1.807) is 0 Å². The molecular weight excluding hydrogens is 152 g/mol. The van der Waals surface area contributed by atoms with Crippen molar-refractivity contribution in [1.82, 2.24) is 0 Å². The van der Waals surface area contributed by atoms with Gasteiger partial charge in [0.2, 0.25) is 0 Å². The highest BCUT2D eigenvalue weighted by atomic mass is 16.4. The molecule has 1 N–H and O–H groups in total. The Balaban J connectivity index is 3.19. The number of hydrogen-bond acceptors (Lipinski definition) is 1. The molecule has 0 aromatic rings. The van der Waals surface area contributed by atoms with E-state index >= 15 is 0 Å². The van der Waals surface area contributed by atoms with Gasteiger partial charge in [-0.15, -0.1) is 0 Å². The molecule has 0 fully saturated rings. The van der Waals surface area contributed by atoms with E-state index in [0.29, 0.717) is 0 Å². The summed E-state index contributed by atoms with van der Waals surface area (Å²) in [5, 5.41) is 8.32. The number of unbranched alkanes of at least 4 members (excludes halogenated alkanes) is 1. The molecule has 0 saturated heterocycles. The second-order valence-electron chi connectivity index (χ2n) is 2.56. The fourth-order valence-corrected chi connectivity index (χ4v) is 0.800. The molecule has 0 radical (unpaired) electrons. The first-order valence-corrected chi connectivity index (χ1v) is 4.25. The van der Waals surface area contributed by atoms with Crippen LogP contribution in [0.3, 0.4) is 0 Å². The van der Waals surface area contributed by atoms with Crippen LogP contribution >= 0.6 is 0 Å².